The normalized spacial score (nSPS) is 10.7. The van der Waals surface area contributed by atoms with E-state index in [-0.39, 0.29) is 36.0 Å². The maximum absolute atomic E-state index is 12.3. The largest absolute Gasteiger partial charge is 0.493 e. The van der Waals surface area contributed by atoms with Crippen LogP contribution >= 0.6 is 0 Å². The number of nitrogens with one attached hydrogen (secondary N) is 1. The number of amides is 1. The average molecular weight is 370 g/mol. The molecule has 2 rings (SSSR count). The Balaban J connectivity index is 1.98. The number of hydrogen-bond acceptors (Lipinski definition) is 6. The number of nitrogens with zero attached hydrogens (tertiary/aromatic N) is 3. The van der Waals surface area contributed by atoms with Gasteiger partial charge in [0.1, 0.15) is 0 Å². The lowest BCUT2D eigenvalue weighted by atomic mass is 10.2. The van der Waals surface area contributed by atoms with E-state index in [1.165, 1.54) is 36.1 Å². The Morgan fingerprint density at radius 1 is 1.38 bits per heavy atom. The number of aromatic nitrogens is 2. The fourth-order valence-corrected chi connectivity index (χ4v) is 2.19. The molecule has 1 aromatic heterocycles. The molecule has 0 spiro atoms. The minimum Gasteiger partial charge on any atom is -0.493 e. The Bertz CT molecular complexity index is 809. The molecule has 0 radical (unpaired) electrons. The Hall–Kier alpha value is -3.24. The van der Waals surface area contributed by atoms with Crippen LogP contribution in [-0.4, -0.2) is 40.9 Å². The zero-order chi connectivity index (χ0) is 19.3. The number of halogens is 2. The molecule has 140 valence electrons. The van der Waals surface area contributed by atoms with Gasteiger partial charge in [0.25, 0.3) is 5.91 Å². The summed E-state index contributed by atoms with van der Waals surface area (Å²) in [4.78, 5) is 22.2. The van der Waals surface area contributed by atoms with Gasteiger partial charge >= 0.3 is 12.4 Å². The van der Waals surface area contributed by atoms with Crippen molar-refractivity contribution in [3.8, 4) is 11.5 Å². The molecule has 0 fully saturated rings. The second kappa shape index (κ2) is 8.23. The SMILES string of the molecule is COc1cc(C(=O)NCCn2nc([N+](=O)[O-])cc2C)ccc1OC(F)F. The van der Waals surface area contributed by atoms with Crippen LogP contribution in [-0.2, 0) is 6.54 Å². The van der Waals surface area contributed by atoms with E-state index in [0.717, 1.165) is 0 Å². The molecule has 2 aromatic rings. The third-order valence-electron chi connectivity index (χ3n) is 3.41. The molecule has 1 N–H and O–H groups in total. The first-order valence-electron chi connectivity index (χ1n) is 7.41. The first-order valence-corrected chi connectivity index (χ1v) is 7.41. The molecular formula is C15H16F2N4O5. The summed E-state index contributed by atoms with van der Waals surface area (Å²) in [6, 6.07) is 5.13. The van der Waals surface area contributed by atoms with Crippen molar-refractivity contribution in [2.75, 3.05) is 13.7 Å². The van der Waals surface area contributed by atoms with Crippen LogP contribution in [0.4, 0.5) is 14.6 Å². The number of benzene rings is 1. The maximum atomic E-state index is 12.3. The van der Waals surface area contributed by atoms with Crippen LogP contribution in [0.25, 0.3) is 0 Å². The topological polar surface area (TPSA) is 109 Å². The van der Waals surface area contributed by atoms with Gasteiger partial charge in [-0.05, 0) is 30.0 Å². The molecule has 1 aromatic carbocycles. The van der Waals surface area contributed by atoms with Crippen molar-refractivity contribution in [2.24, 2.45) is 0 Å². The second-order valence-electron chi connectivity index (χ2n) is 5.12. The van der Waals surface area contributed by atoms with Crippen LogP contribution in [0.5, 0.6) is 11.5 Å². The van der Waals surface area contributed by atoms with Gasteiger partial charge in [0.05, 0.1) is 30.5 Å². The van der Waals surface area contributed by atoms with Gasteiger partial charge in [0.2, 0.25) is 0 Å². The van der Waals surface area contributed by atoms with Crippen molar-refractivity contribution in [1.29, 1.82) is 0 Å². The van der Waals surface area contributed by atoms with Crippen molar-refractivity contribution in [3.05, 3.63) is 45.6 Å². The van der Waals surface area contributed by atoms with E-state index < -0.39 is 17.4 Å². The number of carbonyl (C=O) groups is 1. The van der Waals surface area contributed by atoms with Crippen LogP contribution in [0.15, 0.2) is 24.3 Å². The summed E-state index contributed by atoms with van der Waals surface area (Å²) >= 11 is 0. The lowest BCUT2D eigenvalue weighted by molar-refractivity contribution is -0.389. The molecule has 0 unspecified atom stereocenters. The predicted molar refractivity (Wildman–Crippen MR) is 85.6 cm³/mol. The van der Waals surface area contributed by atoms with Crippen LogP contribution in [0, 0.1) is 17.0 Å². The lowest BCUT2D eigenvalue weighted by Gasteiger charge is -2.11. The number of carbonyl (C=O) groups excluding carboxylic acids is 1. The quantitative estimate of drug-likeness (QED) is 0.563. The molecule has 1 amide bonds. The molecule has 0 aliphatic rings. The summed E-state index contributed by atoms with van der Waals surface area (Å²) in [5, 5.41) is 17.1. The average Bonchev–Trinajstić information content (AvgIpc) is 2.96. The third-order valence-corrected chi connectivity index (χ3v) is 3.41. The van der Waals surface area contributed by atoms with E-state index in [2.05, 4.69) is 15.2 Å². The van der Waals surface area contributed by atoms with Crippen LogP contribution in [0.1, 0.15) is 16.1 Å². The Morgan fingerprint density at radius 2 is 2.12 bits per heavy atom. The van der Waals surface area contributed by atoms with E-state index in [0.29, 0.717) is 5.69 Å². The monoisotopic (exact) mass is 370 g/mol. The highest BCUT2D eigenvalue weighted by atomic mass is 19.3. The molecule has 0 bridgehead atoms. The van der Waals surface area contributed by atoms with Gasteiger partial charge in [-0.15, -0.1) is 0 Å². The van der Waals surface area contributed by atoms with E-state index in [9.17, 15) is 23.7 Å². The number of alkyl halides is 2. The molecule has 9 nitrogen and oxygen atoms in total. The minimum absolute atomic E-state index is 0.00324. The smallest absolute Gasteiger partial charge is 0.390 e. The van der Waals surface area contributed by atoms with Gasteiger partial charge < -0.3 is 24.9 Å². The van der Waals surface area contributed by atoms with Crippen molar-refractivity contribution < 1.29 is 28.0 Å². The Kier molecular flexibility index (Phi) is 6.04. The zero-order valence-electron chi connectivity index (χ0n) is 13.9. The van der Waals surface area contributed by atoms with Crippen LogP contribution < -0.4 is 14.8 Å². The fraction of sp³-hybridized carbons (Fsp3) is 0.333. The number of methoxy groups -OCH3 is 1. The summed E-state index contributed by atoms with van der Waals surface area (Å²) in [6.07, 6.45) is 0. The Morgan fingerprint density at radius 3 is 2.69 bits per heavy atom. The van der Waals surface area contributed by atoms with E-state index in [1.807, 2.05) is 0 Å². The molecule has 0 aliphatic carbocycles. The van der Waals surface area contributed by atoms with Gasteiger partial charge in [0, 0.05) is 12.1 Å². The number of hydrogen-bond donors (Lipinski definition) is 1. The van der Waals surface area contributed by atoms with Crippen molar-refractivity contribution >= 4 is 11.7 Å². The van der Waals surface area contributed by atoms with Gasteiger partial charge in [0.15, 0.2) is 11.5 Å². The summed E-state index contributed by atoms with van der Waals surface area (Å²) < 4.78 is 35.2. The first kappa shape index (κ1) is 19.1. The van der Waals surface area contributed by atoms with E-state index in [1.54, 1.807) is 6.92 Å². The number of aryl methyl sites for hydroxylation is 1. The number of rotatable bonds is 8. The molecule has 0 aliphatic heterocycles. The van der Waals surface area contributed by atoms with E-state index >= 15 is 0 Å². The predicted octanol–water partition coefficient (Wildman–Crippen LogP) is 2.14. The molecule has 0 saturated heterocycles. The van der Waals surface area contributed by atoms with Gasteiger partial charge in [-0.25, -0.2) is 0 Å². The van der Waals surface area contributed by atoms with E-state index in [4.69, 9.17) is 4.74 Å². The summed E-state index contributed by atoms with van der Waals surface area (Å²) in [5.74, 6) is -0.922. The van der Waals surface area contributed by atoms with Crippen LogP contribution in [0.2, 0.25) is 0 Å². The highest BCUT2D eigenvalue weighted by Crippen LogP contribution is 2.29. The highest BCUT2D eigenvalue weighted by molar-refractivity contribution is 5.94. The number of nitro groups is 1. The molecule has 0 atom stereocenters. The van der Waals surface area contributed by atoms with Gasteiger partial charge in [-0.1, -0.05) is 0 Å². The van der Waals surface area contributed by atoms with Gasteiger partial charge in [-0.3, -0.25) is 4.79 Å². The van der Waals surface area contributed by atoms with Gasteiger partial charge in [-0.2, -0.15) is 13.5 Å². The lowest BCUT2D eigenvalue weighted by Crippen LogP contribution is -2.27. The standard InChI is InChI=1S/C15H16F2N4O5/c1-9-7-13(21(23)24)19-20(9)6-5-18-14(22)10-3-4-11(26-15(16)17)12(8-10)25-2/h3-4,7-8,15H,5-6H2,1-2H3,(H,18,22). The van der Waals surface area contributed by atoms with Crippen molar-refractivity contribution in [1.82, 2.24) is 15.1 Å². The minimum atomic E-state index is -3.01. The van der Waals surface area contributed by atoms with Crippen LogP contribution in [0.3, 0.4) is 0 Å². The summed E-state index contributed by atoms with van der Waals surface area (Å²) in [6.45, 7) is -0.954. The Labute approximate surface area is 146 Å². The van der Waals surface area contributed by atoms with Crippen molar-refractivity contribution in [2.45, 2.75) is 20.1 Å². The molecule has 0 saturated carbocycles. The fourth-order valence-electron chi connectivity index (χ4n) is 2.19. The molecular weight excluding hydrogens is 354 g/mol. The zero-order valence-corrected chi connectivity index (χ0v) is 13.9. The number of ether oxygens (including phenoxy) is 2. The molecule has 11 heteroatoms. The first-order chi connectivity index (χ1) is 12.3. The highest BCUT2D eigenvalue weighted by Gasteiger charge is 2.16. The summed E-state index contributed by atoms with van der Waals surface area (Å²) in [7, 11) is 1.27. The third kappa shape index (κ3) is 4.65. The maximum Gasteiger partial charge on any atom is 0.390 e. The summed E-state index contributed by atoms with van der Waals surface area (Å²) in [5.41, 5.74) is 0.771. The molecule has 26 heavy (non-hydrogen) atoms. The second-order valence-corrected chi connectivity index (χ2v) is 5.12. The van der Waals surface area contributed by atoms with Crippen molar-refractivity contribution in [3.63, 3.8) is 0 Å². The molecule has 1 heterocycles.